The minimum absolute atomic E-state index is 0.0579. The fourth-order valence-electron chi connectivity index (χ4n) is 0.644. The Morgan fingerprint density at radius 3 is 2.33 bits per heavy atom. The smallest absolute Gasteiger partial charge is 0.463 e. The van der Waals surface area contributed by atoms with Crippen molar-refractivity contribution in [3.63, 3.8) is 0 Å². The Balaban J connectivity index is 3.58. The van der Waals surface area contributed by atoms with Gasteiger partial charge in [-0.2, -0.15) is 0 Å². The average molecular weight is 220 g/mol. The van der Waals surface area contributed by atoms with Crippen LogP contribution in [0.3, 0.4) is 0 Å². The Labute approximate surface area is 85.9 Å². The van der Waals surface area contributed by atoms with Crippen LogP contribution in [0, 0.1) is 0 Å². The molecule has 0 atom stereocenters. The Morgan fingerprint density at radius 2 is 1.80 bits per heavy atom. The highest BCUT2D eigenvalue weighted by Gasteiger charge is 2.12. The quantitative estimate of drug-likeness (QED) is 0.361. The van der Waals surface area contributed by atoms with Gasteiger partial charge in [0.2, 0.25) is 0 Å². The Hall–Kier alpha value is -1.63. The zero-order chi connectivity index (χ0) is 11.7. The summed E-state index contributed by atoms with van der Waals surface area (Å²) >= 11 is 0. The molecule has 0 saturated heterocycles. The summed E-state index contributed by atoms with van der Waals surface area (Å²) < 4.78 is 13.1. The maximum atomic E-state index is 10.9. The van der Waals surface area contributed by atoms with E-state index in [9.17, 15) is 14.4 Å². The van der Waals surface area contributed by atoms with Crippen molar-refractivity contribution in [3.05, 3.63) is 0 Å². The van der Waals surface area contributed by atoms with Crippen LogP contribution in [-0.2, 0) is 23.8 Å². The van der Waals surface area contributed by atoms with Crippen LogP contribution in [0.1, 0.15) is 6.42 Å². The number of rotatable bonds is 7. The van der Waals surface area contributed by atoms with Gasteiger partial charge in [0, 0.05) is 7.11 Å². The molecule has 0 spiro atoms. The molecule has 0 unspecified atom stereocenters. The van der Waals surface area contributed by atoms with Crippen LogP contribution in [0.4, 0.5) is 4.79 Å². The summed E-state index contributed by atoms with van der Waals surface area (Å²) in [4.78, 5) is 31.6. The number of carbonyl (C=O) groups is 3. The van der Waals surface area contributed by atoms with Crippen LogP contribution < -0.4 is 0 Å². The van der Waals surface area contributed by atoms with E-state index in [0.717, 1.165) is 0 Å². The average Bonchev–Trinajstić information content (AvgIpc) is 2.15. The van der Waals surface area contributed by atoms with E-state index in [0.29, 0.717) is 0 Å². The van der Waals surface area contributed by atoms with Crippen molar-refractivity contribution < 1.29 is 33.7 Å². The minimum Gasteiger partial charge on any atom is -0.463 e. The molecule has 0 heterocycles. The fraction of sp³-hybridized carbons (Fsp3) is 0.625. The lowest BCUT2D eigenvalue weighted by Crippen LogP contribution is -2.18. The molecule has 0 saturated carbocycles. The molecule has 0 rings (SSSR count). The van der Waals surface area contributed by atoms with E-state index in [-0.39, 0.29) is 13.2 Å². The number of hydrogen-bond donors (Lipinski definition) is 1. The Bertz CT molecular complexity index is 235. The molecule has 0 bridgehead atoms. The predicted octanol–water partition coefficient (Wildman–Crippen LogP) is -0.170. The topological polar surface area (TPSA) is 99.1 Å². The van der Waals surface area contributed by atoms with Gasteiger partial charge in [-0.25, -0.2) is 4.79 Å². The number of ether oxygens (including phenoxy) is 3. The maximum Gasteiger partial charge on any atom is 0.506 e. The van der Waals surface area contributed by atoms with Crippen molar-refractivity contribution in [2.75, 3.05) is 26.9 Å². The summed E-state index contributed by atoms with van der Waals surface area (Å²) in [6.45, 7) is -0.345. The zero-order valence-electron chi connectivity index (χ0n) is 8.23. The molecule has 0 radical (unpaired) electrons. The first-order valence-corrected chi connectivity index (χ1v) is 4.08. The van der Waals surface area contributed by atoms with E-state index in [1.807, 2.05) is 0 Å². The van der Waals surface area contributed by atoms with Crippen LogP contribution in [0.25, 0.3) is 0 Å². The summed E-state index contributed by atoms with van der Waals surface area (Å²) in [5.74, 6) is -1.38. The third kappa shape index (κ3) is 8.69. The Morgan fingerprint density at radius 1 is 1.13 bits per heavy atom. The molecule has 0 aromatic rings. The second-order valence-corrected chi connectivity index (χ2v) is 2.48. The highest BCUT2D eigenvalue weighted by Crippen LogP contribution is 1.90. The minimum atomic E-state index is -1.56. The molecular formula is C8H12O7. The lowest BCUT2D eigenvalue weighted by molar-refractivity contribution is -0.147. The van der Waals surface area contributed by atoms with Crippen LogP contribution in [0.5, 0.6) is 0 Å². The van der Waals surface area contributed by atoms with Gasteiger partial charge in [-0.15, -0.1) is 0 Å². The second-order valence-electron chi connectivity index (χ2n) is 2.48. The number of esters is 1. The van der Waals surface area contributed by atoms with Gasteiger partial charge in [0.05, 0.1) is 6.61 Å². The zero-order valence-corrected chi connectivity index (χ0v) is 8.23. The van der Waals surface area contributed by atoms with Gasteiger partial charge >= 0.3 is 12.1 Å². The van der Waals surface area contributed by atoms with Gasteiger partial charge in [-0.3, -0.25) is 9.59 Å². The maximum absolute atomic E-state index is 10.9. The third-order valence-corrected chi connectivity index (χ3v) is 1.25. The van der Waals surface area contributed by atoms with Gasteiger partial charge in [0.25, 0.3) is 0 Å². The van der Waals surface area contributed by atoms with Crippen molar-refractivity contribution in [3.8, 4) is 0 Å². The van der Waals surface area contributed by atoms with E-state index in [2.05, 4.69) is 14.2 Å². The molecule has 7 nitrogen and oxygen atoms in total. The Kier molecular flexibility index (Phi) is 6.90. The van der Waals surface area contributed by atoms with Crippen LogP contribution in [0.15, 0.2) is 0 Å². The molecule has 86 valence electrons. The first-order chi connectivity index (χ1) is 7.06. The first-order valence-electron chi connectivity index (χ1n) is 4.08. The van der Waals surface area contributed by atoms with Crippen molar-refractivity contribution in [2.24, 2.45) is 0 Å². The number of carboxylic acid groups (broad SMARTS) is 1. The molecule has 0 aliphatic carbocycles. The van der Waals surface area contributed by atoms with E-state index in [4.69, 9.17) is 5.11 Å². The van der Waals surface area contributed by atoms with Crippen molar-refractivity contribution in [1.29, 1.82) is 0 Å². The summed E-state index contributed by atoms with van der Waals surface area (Å²) in [7, 11) is 1.44. The highest BCUT2D eigenvalue weighted by atomic mass is 16.7. The summed E-state index contributed by atoms with van der Waals surface area (Å²) in [6, 6.07) is 0. The lowest BCUT2D eigenvalue weighted by atomic mass is 10.3. The molecule has 1 N–H and O–H groups in total. The molecular weight excluding hydrogens is 208 g/mol. The van der Waals surface area contributed by atoms with Gasteiger partial charge in [0.15, 0.2) is 12.4 Å². The number of ketones is 1. The van der Waals surface area contributed by atoms with Crippen LogP contribution >= 0.6 is 0 Å². The van der Waals surface area contributed by atoms with Crippen LogP contribution in [-0.4, -0.2) is 49.9 Å². The SMILES string of the molecule is COCCOC(=O)CC(=O)COC(=O)O. The molecule has 0 aromatic carbocycles. The van der Waals surface area contributed by atoms with Crippen molar-refractivity contribution in [2.45, 2.75) is 6.42 Å². The monoisotopic (exact) mass is 220 g/mol. The van der Waals surface area contributed by atoms with Crippen molar-refractivity contribution >= 4 is 17.9 Å². The largest absolute Gasteiger partial charge is 0.506 e. The summed E-state index contributed by atoms with van der Waals surface area (Å²) in [5.41, 5.74) is 0. The normalized spacial score (nSPS) is 9.40. The van der Waals surface area contributed by atoms with E-state index in [1.165, 1.54) is 7.11 Å². The van der Waals surface area contributed by atoms with Gasteiger partial charge in [-0.1, -0.05) is 0 Å². The molecule has 7 heteroatoms. The second kappa shape index (κ2) is 7.74. The van der Waals surface area contributed by atoms with E-state index < -0.39 is 30.9 Å². The third-order valence-electron chi connectivity index (χ3n) is 1.25. The van der Waals surface area contributed by atoms with Gasteiger partial charge < -0.3 is 19.3 Å². The highest BCUT2D eigenvalue weighted by molar-refractivity contribution is 5.96. The van der Waals surface area contributed by atoms with E-state index >= 15 is 0 Å². The first kappa shape index (κ1) is 13.4. The predicted molar refractivity (Wildman–Crippen MR) is 46.4 cm³/mol. The molecule has 0 aliphatic heterocycles. The van der Waals surface area contributed by atoms with Crippen molar-refractivity contribution in [1.82, 2.24) is 0 Å². The molecule has 0 fully saturated rings. The molecule has 0 amide bonds. The van der Waals surface area contributed by atoms with Gasteiger partial charge in [0.1, 0.15) is 13.0 Å². The number of Topliss-reactive ketones (excluding diaryl/α,β-unsaturated/α-hetero) is 1. The van der Waals surface area contributed by atoms with Crippen LogP contribution in [0.2, 0.25) is 0 Å². The standard InChI is InChI=1S/C8H12O7/c1-13-2-3-14-7(10)4-6(9)5-15-8(11)12/h2-5H2,1H3,(H,11,12). The summed E-state index contributed by atoms with van der Waals surface area (Å²) in [5, 5.41) is 8.06. The van der Waals surface area contributed by atoms with E-state index in [1.54, 1.807) is 0 Å². The number of methoxy groups -OCH3 is 1. The van der Waals surface area contributed by atoms with Gasteiger partial charge in [-0.05, 0) is 0 Å². The molecule has 0 aromatic heterocycles. The molecule has 0 aliphatic rings. The fourth-order valence-corrected chi connectivity index (χ4v) is 0.644. The lowest BCUT2D eigenvalue weighted by Gasteiger charge is -2.03. The summed E-state index contributed by atoms with van der Waals surface area (Å²) in [6.07, 6.45) is -2.06. The molecule has 15 heavy (non-hydrogen) atoms. The number of hydrogen-bond acceptors (Lipinski definition) is 6. The number of carbonyl (C=O) groups excluding carboxylic acids is 2.